The zero-order valence-electron chi connectivity index (χ0n) is 15.2. The molecule has 0 aliphatic carbocycles. The van der Waals surface area contributed by atoms with E-state index in [1.807, 2.05) is 6.07 Å². The highest BCUT2D eigenvalue weighted by atomic mass is 16.5. The van der Waals surface area contributed by atoms with E-state index in [1.165, 1.54) is 14.2 Å². The number of rotatable bonds is 7. The molecule has 0 atom stereocenters. The number of hydrogen-bond donors (Lipinski definition) is 0. The zero-order chi connectivity index (χ0) is 18.9. The first-order valence-electron chi connectivity index (χ1n) is 8.65. The standard InChI is InChI=1S/C19H24N2O5/c1-24-17-12-14(13-20)5-6-16(17)26-11-3-4-18(22)21-9-7-15(8-10-21)19(23)25-2/h5-6,12,15H,3-4,7-11H2,1-2H3. The van der Waals surface area contributed by atoms with Gasteiger partial charge in [-0.2, -0.15) is 5.26 Å². The van der Waals surface area contributed by atoms with E-state index < -0.39 is 0 Å². The van der Waals surface area contributed by atoms with Crippen LogP contribution < -0.4 is 9.47 Å². The summed E-state index contributed by atoms with van der Waals surface area (Å²) in [7, 11) is 2.91. The Bertz CT molecular complexity index is 675. The molecule has 1 aromatic carbocycles. The number of nitriles is 1. The predicted octanol–water partition coefficient (Wildman–Crippen LogP) is 2.14. The Labute approximate surface area is 153 Å². The molecule has 7 heteroatoms. The van der Waals surface area contributed by atoms with E-state index in [0.717, 1.165) is 0 Å². The van der Waals surface area contributed by atoms with Crippen molar-refractivity contribution < 1.29 is 23.8 Å². The quantitative estimate of drug-likeness (QED) is 0.547. The molecule has 26 heavy (non-hydrogen) atoms. The van der Waals surface area contributed by atoms with Gasteiger partial charge in [-0.1, -0.05) is 0 Å². The fourth-order valence-electron chi connectivity index (χ4n) is 2.95. The smallest absolute Gasteiger partial charge is 0.308 e. The van der Waals surface area contributed by atoms with Gasteiger partial charge in [0.25, 0.3) is 0 Å². The Hall–Kier alpha value is -2.75. The van der Waals surface area contributed by atoms with E-state index in [2.05, 4.69) is 0 Å². The number of piperidine rings is 1. The van der Waals surface area contributed by atoms with Crippen molar-refractivity contribution >= 4 is 11.9 Å². The van der Waals surface area contributed by atoms with E-state index in [0.29, 0.717) is 62.4 Å². The minimum absolute atomic E-state index is 0.0729. The summed E-state index contributed by atoms with van der Waals surface area (Å²) in [5.74, 6) is 0.833. The third-order valence-corrected chi connectivity index (χ3v) is 4.47. The van der Waals surface area contributed by atoms with Crippen LogP contribution in [-0.2, 0) is 14.3 Å². The second kappa shape index (κ2) is 9.66. The van der Waals surface area contributed by atoms with Gasteiger partial charge < -0.3 is 19.1 Å². The van der Waals surface area contributed by atoms with Crippen LogP contribution in [0.1, 0.15) is 31.2 Å². The van der Waals surface area contributed by atoms with Crippen molar-refractivity contribution in [3.63, 3.8) is 0 Å². The van der Waals surface area contributed by atoms with Crippen LogP contribution in [0.25, 0.3) is 0 Å². The molecule has 0 saturated carbocycles. The van der Waals surface area contributed by atoms with Crippen LogP contribution in [-0.4, -0.2) is 50.7 Å². The van der Waals surface area contributed by atoms with Gasteiger partial charge in [0.1, 0.15) is 0 Å². The number of esters is 1. The molecule has 2 rings (SSSR count). The van der Waals surface area contributed by atoms with Crippen LogP contribution >= 0.6 is 0 Å². The lowest BCUT2D eigenvalue weighted by molar-refractivity contribution is -0.148. The fraction of sp³-hybridized carbons (Fsp3) is 0.526. The molecule has 1 aliphatic rings. The highest BCUT2D eigenvalue weighted by Crippen LogP contribution is 2.28. The van der Waals surface area contributed by atoms with Crippen molar-refractivity contribution in [2.45, 2.75) is 25.7 Å². The van der Waals surface area contributed by atoms with Gasteiger partial charge in [-0.3, -0.25) is 9.59 Å². The van der Waals surface area contributed by atoms with Crippen LogP contribution in [0.5, 0.6) is 11.5 Å². The Morgan fingerprint density at radius 2 is 1.96 bits per heavy atom. The van der Waals surface area contributed by atoms with Crippen LogP contribution in [0.2, 0.25) is 0 Å². The number of amides is 1. The van der Waals surface area contributed by atoms with Crippen molar-refractivity contribution in [3.05, 3.63) is 23.8 Å². The number of nitrogens with zero attached hydrogens (tertiary/aromatic N) is 2. The molecule has 7 nitrogen and oxygen atoms in total. The number of methoxy groups -OCH3 is 2. The highest BCUT2D eigenvalue weighted by molar-refractivity contribution is 5.77. The normalized spacial score (nSPS) is 14.4. The van der Waals surface area contributed by atoms with E-state index in [4.69, 9.17) is 19.5 Å². The number of likely N-dealkylation sites (tertiary alicyclic amines) is 1. The predicted molar refractivity (Wildman–Crippen MR) is 93.8 cm³/mol. The van der Waals surface area contributed by atoms with Crippen molar-refractivity contribution in [1.82, 2.24) is 4.90 Å². The number of hydrogen-bond acceptors (Lipinski definition) is 6. The fourth-order valence-corrected chi connectivity index (χ4v) is 2.95. The number of carbonyl (C=O) groups is 2. The molecule has 0 unspecified atom stereocenters. The lowest BCUT2D eigenvalue weighted by Gasteiger charge is -2.30. The van der Waals surface area contributed by atoms with Gasteiger partial charge in [-0.25, -0.2) is 0 Å². The van der Waals surface area contributed by atoms with Gasteiger partial charge in [-0.15, -0.1) is 0 Å². The van der Waals surface area contributed by atoms with Crippen LogP contribution in [0.3, 0.4) is 0 Å². The Morgan fingerprint density at radius 3 is 2.58 bits per heavy atom. The maximum Gasteiger partial charge on any atom is 0.308 e. The molecule has 1 aromatic rings. The second-order valence-electron chi connectivity index (χ2n) is 6.11. The summed E-state index contributed by atoms with van der Waals surface area (Å²) in [5, 5.41) is 8.89. The maximum absolute atomic E-state index is 12.3. The summed E-state index contributed by atoms with van der Waals surface area (Å²) in [6.07, 6.45) is 2.27. The third kappa shape index (κ3) is 5.12. The molecule has 0 bridgehead atoms. The van der Waals surface area contributed by atoms with Crippen molar-refractivity contribution in [3.8, 4) is 17.6 Å². The second-order valence-corrected chi connectivity index (χ2v) is 6.11. The van der Waals surface area contributed by atoms with Gasteiger partial charge in [0, 0.05) is 25.6 Å². The summed E-state index contributed by atoms with van der Waals surface area (Å²) in [6, 6.07) is 7.02. The number of ether oxygens (including phenoxy) is 3. The zero-order valence-corrected chi connectivity index (χ0v) is 15.2. The molecule has 1 amide bonds. The summed E-state index contributed by atoms with van der Waals surface area (Å²) in [6.45, 7) is 1.55. The average molecular weight is 360 g/mol. The molecule has 0 radical (unpaired) electrons. The number of carbonyl (C=O) groups excluding carboxylic acids is 2. The summed E-state index contributed by atoms with van der Waals surface area (Å²) in [4.78, 5) is 25.6. The Balaban J connectivity index is 1.73. The Morgan fingerprint density at radius 1 is 1.23 bits per heavy atom. The lowest BCUT2D eigenvalue weighted by Crippen LogP contribution is -2.40. The molecule has 1 heterocycles. The summed E-state index contributed by atoms with van der Waals surface area (Å²) < 4.78 is 15.6. The SMILES string of the molecule is COC(=O)C1CCN(C(=O)CCCOc2ccc(C#N)cc2OC)CC1. The topological polar surface area (TPSA) is 88.9 Å². The first-order valence-corrected chi connectivity index (χ1v) is 8.65. The van der Waals surface area contributed by atoms with Crippen LogP contribution in [0.4, 0.5) is 0 Å². The third-order valence-electron chi connectivity index (χ3n) is 4.47. The molecule has 1 fully saturated rings. The molecule has 0 N–H and O–H groups in total. The van der Waals surface area contributed by atoms with Gasteiger partial charge in [-0.05, 0) is 31.4 Å². The average Bonchev–Trinajstić information content (AvgIpc) is 2.70. The Kier molecular flexibility index (Phi) is 7.27. The van der Waals surface area contributed by atoms with Crippen molar-refractivity contribution in [1.29, 1.82) is 5.26 Å². The molecule has 0 aromatic heterocycles. The van der Waals surface area contributed by atoms with Crippen molar-refractivity contribution in [2.24, 2.45) is 5.92 Å². The molecular weight excluding hydrogens is 336 g/mol. The molecule has 0 spiro atoms. The van der Waals surface area contributed by atoms with Crippen LogP contribution in [0.15, 0.2) is 18.2 Å². The van der Waals surface area contributed by atoms with Gasteiger partial charge >= 0.3 is 5.97 Å². The summed E-state index contributed by atoms with van der Waals surface area (Å²) >= 11 is 0. The van der Waals surface area contributed by atoms with Gasteiger partial charge in [0.2, 0.25) is 5.91 Å². The van der Waals surface area contributed by atoms with Crippen molar-refractivity contribution in [2.75, 3.05) is 33.9 Å². The monoisotopic (exact) mass is 360 g/mol. The molecular formula is C19H24N2O5. The first kappa shape index (κ1) is 19.6. The minimum atomic E-state index is -0.193. The van der Waals surface area contributed by atoms with Gasteiger partial charge in [0.15, 0.2) is 11.5 Å². The molecule has 1 aliphatic heterocycles. The number of benzene rings is 1. The lowest BCUT2D eigenvalue weighted by atomic mass is 9.97. The summed E-state index contributed by atoms with van der Waals surface area (Å²) in [5.41, 5.74) is 0.500. The first-order chi connectivity index (χ1) is 12.6. The van der Waals surface area contributed by atoms with Gasteiger partial charge in [0.05, 0.1) is 38.4 Å². The van der Waals surface area contributed by atoms with E-state index >= 15 is 0 Å². The minimum Gasteiger partial charge on any atom is -0.493 e. The van der Waals surface area contributed by atoms with E-state index in [1.54, 1.807) is 23.1 Å². The van der Waals surface area contributed by atoms with Crippen LogP contribution in [0, 0.1) is 17.2 Å². The maximum atomic E-state index is 12.3. The molecule has 140 valence electrons. The largest absolute Gasteiger partial charge is 0.493 e. The van der Waals surface area contributed by atoms with E-state index in [-0.39, 0.29) is 17.8 Å². The van der Waals surface area contributed by atoms with E-state index in [9.17, 15) is 9.59 Å². The highest BCUT2D eigenvalue weighted by Gasteiger charge is 2.27. The molecule has 1 saturated heterocycles.